The summed E-state index contributed by atoms with van der Waals surface area (Å²) in [7, 11) is 0. The van der Waals surface area contributed by atoms with Crippen molar-refractivity contribution in [2.24, 2.45) is 0 Å². The number of carbonyl (C=O) groups is 1. The minimum atomic E-state index is -4.29. The molecule has 6 heteroatoms. The highest BCUT2D eigenvalue weighted by atomic mass is 19.4. The van der Waals surface area contributed by atoms with Gasteiger partial charge in [0.05, 0.1) is 6.61 Å². The summed E-state index contributed by atoms with van der Waals surface area (Å²) >= 11 is 0. The molecule has 2 rings (SSSR count). The quantitative estimate of drug-likeness (QED) is 0.791. The largest absolute Gasteiger partial charge is 0.411 e. The third-order valence-corrected chi connectivity index (χ3v) is 3.26. The van der Waals surface area contributed by atoms with Gasteiger partial charge in [-0.1, -0.05) is 0 Å². The van der Waals surface area contributed by atoms with Crippen LogP contribution in [0.5, 0.6) is 0 Å². The molecule has 1 aromatic rings. The van der Waals surface area contributed by atoms with Crippen LogP contribution in [0.1, 0.15) is 34.6 Å². The van der Waals surface area contributed by atoms with Crippen LogP contribution in [0.15, 0.2) is 6.07 Å². The standard InChI is InChI=1S/C13H16F3NO2/c1-9-7-10-11(3-2-4-12(10)18)17(9)5-6-19-8-13(14,15)16/h7H,2-6,8H2,1H3. The Hall–Kier alpha value is -1.30. The monoisotopic (exact) mass is 275 g/mol. The third-order valence-electron chi connectivity index (χ3n) is 3.26. The van der Waals surface area contributed by atoms with E-state index in [2.05, 4.69) is 4.74 Å². The predicted molar refractivity (Wildman–Crippen MR) is 63.3 cm³/mol. The highest BCUT2D eigenvalue weighted by molar-refractivity contribution is 5.98. The number of aryl methyl sites for hydroxylation is 1. The fourth-order valence-corrected chi connectivity index (χ4v) is 2.45. The normalized spacial score (nSPS) is 15.7. The van der Waals surface area contributed by atoms with Gasteiger partial charge in [-0.25, -0.2) is 0 Å². The van der Waals surface area contributed by atoms with Gasteiger partial charge < -0.3 is 9.30 Å². The van der Waals surface area contributed by atoms with E-state index in [0.717, 1.165) is 29.8 Å². The Labute approximate surface area is 109 Å². The predicted octanol–water partition coefficient (Wildman–Crippen LogP) is 2.89. The first-order valence-electron chi connectivity index (χ1n) is 6.25. The van der Waals surface area contributed by atoms with Crippen LogP contribution in [0.2, 0.25) is 0 Å². The molecule has 0 amide bonds. The lowest BCUT2D eigenvalue weighted by molar-refractivity contribution is -0.174. The van der Waals surface area contributed by atoms with Gasteiger partial charge in [0.25, 0.3) is 0 Å². The summed E-state index contributed by atoms with van der Waals surface area (Å²) in [5.41, 5.74) is 2.56. The highest BCUT2D eigenvalue weighted by Crippen LogP contribution is 2.25. The SMILES string of the molecule is Cc1cc2c(n1CCOCC(F)(F)F)CCCC2=O. The van der Waals surface area contributed by atoms with Gasteiger partial charge in [0.15, 0.2) is 5.78 Å². The van der Waals surface area contributed by atoms with Crippen LogP contribution in [0.3, 0.4) is 0 Å². The minimum Gasteiger partial charge on any atom is -0.370 e. The smallest absolute Gasteiger partial charge is 0.370 e. The molecule has 0 aliphatic heterocycles. The molecule has 0 spiro atoms. The second kappa shape index (κ2) is 5.36. The molecule has 0 bridgehead atoms. The molecule has 3 nitrogen and oxygen atoms in total. The van der Waals surface area contributed by atoms with Crippen molar-refractivity contribution in [1.29, 1.82) is 0 Å². The van der Waals surface area contributed by atoms with Crippen molar-refractivity contribution >= 4 is 5.78 Å². The number of aromatic nitrogens is 1. The zero-order valence-electron chi connectivity index (χ0n) is 10.7. The van der Waals surface area contributed by atoms with Gasteiger partial charge in [0.2, 0.25) is 0 Å². The van der Waals surface area contributed by atoms with Crippen LogP contribution in [-0.4, -0.2) is 29.7 Å². The summed E-state index contributed by atoms with van der Waals surface area (Å²) in [6, 6.07) is 1.82. The Balaban J connectivity index is 1.99. The third kappa shape index (κ3) is 3.37. The number of hydrogen-bond donors (Lipinski definition) is 0. The Bertz CT molecular complexity index is 477. The summed E-state index contributed by atoms with van der Waals surface area (Å²) in [6.45, 7) is 0.976. The maximum Gasteiger partial charge on any atom is 0.411 e. The first-order chi connectivity index (χ1) is 8.88. The van der Waals surface area contributed by atoms with E-state index < -0.39 is 12.8 Å². The van der Waals surface area contributed by atoms with Crippen molar-refractivity contribution in [2.75, 3.05) is 13.2 Å². The number of nitrogens with zero attached hydrogens (tertiary/aromatic N) is 1. The summed E-state index contributed by atoms with van der Waals surface area (Å²) in [5, 5.41) is 0. The lowest BCUT2D eigenvalue weighted by Gasteiger charge is -2.16. The van der Waals surface area contributed by atoms with Gasteiger partial charge in [-0.05, 0) is 25.8 Å². The Kier molecular flexibility index (Phi) is 3.99. The maximum atomic E-state index is 11.9. The van der Waals surface area contributed by atoms with E-state index in [1.165, 1.54) is 0 Å². The molecule has 1 aliphatic carbocycles. The van der Waals surface area contributed by atoms with Crippen molar-refractivity contribution in [2.45, 2.75) is 38.9 Å². The Morgan fingerprint density at radius 1 is 1.37 bits per heavy atom. The van der Waals surface area contributed by atoms with Crippen LogP contribution in [0.25, 0.3) is 0 Å². The Morgan fingerprint density at radius 3 is 2.79 bits per heavy atom. The second-order valence-corrected chi connectivity index (χ2v) is 4.74. The van der Waals surface area contributed by atoms with Gasteiger partial charge in [-0.3, -0.25) is 4.79 Å². The average molecular weight is 275 g/mol. The van der Waals surface area contributed by atoms with Gasteiger partial charge >= 0.3 is 6.18 Å². The number of alkyl halides is 3. The summed E-state index contributed by atoms with van der Waals surface area (Å²) in [4.78, 5) is 11.7. The Morgan fingerprint density at radius 2 is 2.11 bits per heavy atom. The lowest BCUT2D eigenvalue weighted by Crippen LogP contribution is -2.20. The van der Waals surface area contributed by atoms with E-state index in [4.69, 9.17) is 0 Å². The number of halogens is 3. The van der Waals surface area contributed by atoms with E-state index in [9.17, 15) is 18.0 Å². The van der Waals surface area contributed by atoms with Crippen LogP contribution in [0.4, 0.5) is 13.2 Å². The molecule has 0 aromatic carbocycles. The molecule has 1 heterocycles. The number of fused-ring (bicyclic) bond motifs is 1. The van der Waals surface area contributed by atoms with Crippen molar-refractivity contribution in [3.05, 3.63) is 23.0 Å². The molecule has 0 N–H and O–H groups in total. The van der Waals surface area contributed by atoms with Gasteiger partial charge in [-0.15, -0.1) is 0 Å². The second-order valence-electron chi connectivity index (χ2n) is 4.74. The topological polar surface area (TPSA) is 31.2 Å². The molecule has 0 saturated heterocycles. The molecule has 0 unspecified atom stereocenters. The van der Waals surface area contributed by atoms with E-state index >= 15 is 0 Å². The van der Waals surface area contributed by atoms with Gasteiger partial charge in [0, 0.05) is 29.9 Å². The number of ketones is 1. The fourth-order valence-electron chi connectivity index (χ4n) is 2.45. The van der Waals surface area contributed by atoms with Crippen molar-refractivity contribution in [1.82, 2.24) is 4.57 Å². The summed E-state index contributed by atoms with van der Waals surface area (Å²) in [5.74, 6) is 0.124. The lowest BCUT2D eigenvalue weighted by atomic mass is 9.97. The molecule has 0 fully saturated rings. The number of hydrogen-bond acceptors (Lipinski definition) is 2. The number of Topliss-reactive ketones (excluding diaryl/α,β-unsaturated/α-hetero) is 1. The summed E-state index contributed by atoms with van der Waals surface area (Å²) < 4.78 is 42.4. The van der Waals surface area contributed by atoms with Crippen LogP contribution >= 0.6 is 0 Å². The first-order valence-corrected chi connectivity index (χ1v) is 6.25. The molecule has 0 atom stereocenters. The number of rotatable bonds is 4. The average Bonchev–Trinajstić information content (AvgIpc) is 2.62. The molecule has 0 saturated carbocycles. The minimum absolute atomic E-state index is 0.00431. The fraction of sp³-hybridized carbons (Fsp3) is 0.615. The van der Waals surface area contributed by atoms with Crippen LogP contribution in [0, 0.1) is 6.92 Å². The van der Waals surface area contributed by atoms with Gasteiger partial charge in [0.1, 0.15) is 6.61 Å². The van der Waals surface area contributed by atoms with E-state index in [1.807, 2.05) is 17.6 Å². The summed E-state index contributed by atoms with van der Waals surface area (Å²) in [6.07, 6.45) is -2.13. The van der Waals surface area contributed by atoms with Crippen molar-refractivity contribution < 1.29 is 22.7 Å². The zero-order valence-corrected chi connectivity index (χ0v) is 10.7. The zero-order chi connectivity index (χ0) is 14.0. The molecule has 0 radical (unpaired) electrons. The van der Waals surface area contributed by atoms with Crippen molar-refractivity contribution in [3.63, 3.8) is 0 Å². The van der Waals surface area contributed by atoms with Crippen LogP contribution in [-0.2, 0) is 17.7 Å². The van der Waals surface area contributed by atoms with E-state index in [-0.39, 0.29) is 12.4 Å². The molecular weight excluding hydrogens is 259 g/mol. The molecule has 1 aromatic heterocycles. The van der Waals surface area contributed by atoms with E-state index in [0.29, 0.717) is 13.0 Å². The first kappa shape index (κ1) is 14.1. The molecule has 1 aliphatic rings. The number of ether oxygens (including phenoxy) is 1. The maximum absolute atomic E-state index is 11.9. The molecule has 106 valence electrons. The van der Waals surface area contributed by atoms with Crippen molar-refractivity contribution in [3.8, 4) is 0 Å². The number of carbonyl (C=O) groups excluding carboxylic acids is 1. The van der Waals surface area contributed by atoms with Gasteiger partial charge in [-0.2, -0.15) is 13.2 Å². The van der Waals surface area contributed by atoms with Crippen LogP contribution < -0.4 is 0 Å². The molecule has 19 heavy (non-hydrogen) atoms. The highest BCUT2D eigenvalue weighted by Gasteiger charge is 2.27. The molecular formula is C13H16F3NO2. The van der Waals surface area contributed by atoms with E-state index in [1.54, 1.807) is 0 Å².